The first-order chi connectivity index (χ1) is 9.95. The molecule has 0 bridgehead atoms. The predicted octanol–water partition coefficient (Wildman–Crippen LogP) is 4.60. The predicted molar refractivity (Wildman–Crippen MR) is 86.2 cm³/mol. The van der Waals surface area contributed by atoms with Crippen LogP contribution in [0.4, 0.5) is 4.39 Å². The molecule has 0 aliphatic heterocycles. The first-order valence-electron chi connectivity index (χ1n) is 6.46. The number of carbonyl (C=O) groups is 1. The minimum Gasteiger partial charge on any atom is -0.349 e. The van der Waals surface area contributed by atoms with E-state index < -0.39 is 5.82 Å². The van der Waals surface area contributed by atoms with Gasteiger partial charge in [-0.15, -0.1) is 0 Å². The summed E-state index contributed by atoms with van der Waals surface area (Å²) in [5, 5.41) is 3.56. The van der Waals surface area contributed by atoms with Crippen molar-refractivity contribution in [3.8, 4) is 0 Å². The van der Waals surface area contributed by atoms with E-state index >= 15 is 0 Å². The summed E-state index contributed by atoms with van der Waals surface area (Å²) < 4.78 is 13.4. The van der Waals surface area contributed by atoms with Crippen LogP contribution in [0.1, 0.15) is 22.8 Å². The van der Waals surface area contributed by atoms with Crippen molar-refractivity contribution in [3.05, 3.63) is 68.9 Å². The maximum atomic E-state index is 13.2. The summed E-state index contributed by atoms with van der Waals surface area (Å²) in [5.74, 6) is -0.622. The molecule has 0 heterocycles. The van der Waals surface area contributed by atoms with Crippen molar-refractivity contribution in [2.75, 3.05) is 0 Å². The molecule has 0 saturated heterocycles. The van der Waals surface area contributed by atoms with E-state index in [-0.39, 0.29) is 16.4 Å². The van der Waals surface area contributed by atoms with Crippen LogP contribution in [0, 0.1) is 5.82 Å². The number of hydrogen-bond acceptors (Lipinski definition) is 1. The zero-order valence-corrected chi connectivity index (χ0v) is 13.7. The molecule has 0 aliphatic rings. The van der Waals surface area contributed by atoms with Crippen molar-refractivity contribution in [3.63, 3.8) is 0 Å². The van der Waals surface area contributed by atoms with E-state index in [1.807, 2.05) is 31.2 Å². The molecule has 21 heavy (non-hydrogen) atoms. The van der Waals surface area contributed by atoms with Gasteiger partial charge in [-0.3, -0.25) is 4.79 Å². The first-order valence-corrected chi connectivity index (χ1v) is 7.63. The van der Waals surface area contributed by atoms with Gasteiger partial charge >= 0.3 is 0 Å². The molecule has 2 nitrogen and oxygen atoms in total. The lowest BCUT2D eigenvalue weighted by atomic mass is 10.1. The van der Waals surface area contributed by atoms with Crippen molar-refractivity contribution in [1.29, 1.82) is 0 Å². The molecular weight excluding hydrogens is 357 g/mol. The molecule has 2 aromatic carbocycles. The topological polar surface area (TPSA) is 29.1 Å². The highest BCUT2D eigenvalue weighted by molar-refractivity contribution is 9.10. The standard InChI is InChI=1S/C16H14BrClFNO/c1-10(7-11-3-2-4-13(18)8-11)20-16(21)12-5-6-15(19)14(17)9-12/h2-6,8-10H,7H2,1H3,(H,20,21). The molecular formula is C16H14BrClFNO. The highest BCUT2D eigenvalue weighted by Crippen LogP contribution is 2.17. The Labute approximate surface area is 136 Å². The molecule has 0 spiro atoms. The largest absolute Gasteiger partial charge is 0.349 e. The molecule has 1 amide bonds. The molecule has 0 radical (unpaired) electrons. The fourth-order valence-corrected chi connectivity index (χ4v) is 2.60. The first kappa shape index (κ1) is 16.0. The van der Waals surface area contributed by atoms with Gasteiger partial charge in [0, 0.05) is 16.6 Å². The number of halogens is 3. The van der Waals surface area contributed by atoms with Gasteiger partial charge in [-0.1, -0.05) is 23.7 Å². The Morgan fingerprint density at radius 2 is 2.10 bits per heavy atom. The van der Waals surface area contributed by atoms with Crippen LogP contribution in [0.5, 0.6) is 0 Å². The van der Waals surface area contributed by atoms with Crippen LogP contribution in [0.15, 0.2) is 46.9 Å². The van der Waals surface area contributed by atoms with E-state index in [1.54, 1.807) is 0 Å². The van der Waals surface area contributed by atoms with Crippen LogP contribution in [-0.4, -0.2) is 11.9 Å². The normalized spacial score (nSPS) is 12.0. The second kappa shape index (κ2) is 7.05. The summed E-state index contributed by atoms with van der Waals surface area (Å²) in [6.07, 6.45) is 0.675. The number of benzene rings is 2. The Bertz CT molecular complexity index is 662. The molecule has 2 rings (SSSR count). The van der Waals surface area contributed by atoms with Crippen LogP contribution >= 0.6 is 27.5 Å². The second-order valence-electron chi connectivity index (χ2n) is 4.84. The van der Waals surface area contributed by atoms with Gasteiger partial charge in [-0.2, -0.15) is 0 Å². The Balaban J connectivity index is 2.00. The third kappa shape index (κ3) is 4.55. The molecule has 2 aromatic rings. The summed E-state index contributed by atoms with van der Waals surface area (Å²) in [4.78, 5) is 12.1. The lowest BCUT2D eigenvalue weighted by Gasteiger charge is -2.14. The second-order valence-corrected chi connectivity index (χ2v) is 6.13. The quantitative estimate of drug-likeness (QED) is 0.837. The zero-order valence-electron chi connectivity index (χ0n) is 11.4. The molecule has 0 aliphatic carbocycles. The van der Waals surface area contributed by atoms with E-state index in [9.17, 15) is 9.18 Å². The molecule has 1 N–H and O–H groups in total. The zero-order chi connectivity index (χ0) is 15.4. The van der Waals surface area contributed by atoms with Gasteiger partial charge in [0.25, 0.3) is 5.91 Å². The highest BCUT2D eigenvalue weighted by atomic mass is 79.9. The third-order valence-corrected chi connectivity index (χ3v) is 3.83. The van der Waals surface area contributed by atoms with Gasteiger partial charge in [0.15, 0.2) is 0 Å². The Morgan fingerprint density at radius 3 is 2.76 bits per heavy atom. The highest BCUT2D eigenvalue weighted by Gasteiger charge is 2.12. The van der Waals surface area contributed by atoms with Gasteiger partial charge < -0.3 is 5.32 Å². The summed E-state index contributed by atoms with van der Waals surface area (Å²) >= 11 is 9.01. The van der Waals surface area contributed by atoms with Crippen molar-refractivity contribution in [2.45, 2.75) is 19.4 Å². The lowest BCUT2D eigenvalue weighted by Crippen LogP contribution is -2.34. The van der Waals surface area contributed by atoms with Crippen LogP contribution in [0.3, 0.4) is 0 Å². The number of hydrogen-bond donors (Lipinski definition) is 1. The third-order valence-electron chi connectivity index (χ3n) is 2.99. The van der Waals surface area contributed by atoms with Crippen LogP contribution < -0.4 is 5.32 Å². The molecule has 1 unspecified atom stereocenters. The molecule has 0 aromatic heterocycles. The van der Waals surface area contributed by atoms with Crippen molar-refractivity contribution in [2.24, 2.45) is 0 Å². The Kier molecular flexibility index (Phi) is 5.37. The average Bonchev–Trinajstić information content (AvgIpc) is 2.41. The van der Waals surface area contributed by atoms with Gasteiger partial charge in [0.05, 0.1) is 4.47 Å². The maximum absolute atomic E-state index is 13.2. The van der Waals surface area contributed by atoms with E-state index in [2.05, 4.69) is 21.2 Å². The molecule has 0 saturated carbocycles. The summed E-state index contributed by atoms with van der Waals surface area (Å²) in [7, 11) is 0. The molecule has 5 heteroatoms. The molecule has 0 fully saturated rings. The summed E-state index contributed by atoms with van der Waals surface area (Å²) in [6.45, 7) is 1.91. The Morgan fingerprint density at radius 1 is 1.33 bits per heavy atom. The van der Waals surface area contributed by atoms with E-state index in [0.29, 0.717) is 17.0 Å². The van der Waals surface area contributed by atoms with Crippen molar-refractivity contribution < 1.29 is 9.18 Å². The van der Waals surface area contributed by atoms with Crippen LogP contribution in [0.25, 0.3) is 0 Å². The van der Waals surface area contributed by atoms with Gasteiger partial charge in [-0.05, 0) is 65.2 Å². The van der Waals surface area contributed by atoms with E-state index in [1.165, 1.54) is 18.2 Å². The maximum Gasteiger partial charge on any atom is 0.251 e. The fraction of sp³-hybridized carbons (Fsp3) is 0.188. The van der Waals surface area contributed by atoms with E-state index in [0.717, 1.165) is 5.56 Å². The minimum atomic E-state index is -0.390. The summed E-state index contributed by atoms with van der Waals surface area (Å²) in [5.41, 5.74) is 1.47. The lowest BCUT2D eigenvalue weighted by molar-refractivity contribution is 0.0940. The number of nitrogens with one attached hydrogen (secondary N) is 1. The van der Waals surface area contributed by atoms with Gasteiger partial charge in [0.1, 0.15) is 5.82 Å². The van der Waals surface area contributed by atoms with Gasteiger partial charge in [0.2, 0.25) is 0 Å². The fourth-order valence-electron chi connectivity index (χ4n) is 2.01. The molecule has 1 atom stereocenters. The average molecular weight is 371 g/mol. The smallest absolute Gasteiger partial charge is 0.251 e. The minimum absolute atomic E-state index is 0.0557. The monoisotopic (exact) mass is 369 g/mol. The Hall–Kier alpha value is -1.39. The van der Waals surface area contributed by atoms with Crippen molar-refractivity contribution >= 4 is 33.4 Å². The van der Waals surface area contributed by atoms with Gasteiger partial charge in [-0.25, -0.2) is 4.39 Å². The molecule has 110 valence electrons. The number of amides is 1. The van der Waals surface area contributed by atoms with E-state index in [4.69, 9.17) is 11.6 Å². The SMILES string of the molecule is CC(Cc1cccc(Cl)c1)NC(=O)c1ccc(F)c(Br)c1. The number of rotatable bonds is 4. The number of carbonyl (C=O) groups excluding carboxylic acids is 1. The van der Waals surface area contributed by atoms with Crippen molar-refractivity contribution in [1.82, 2.24) is 5.32 Å². The van der Waals surface area contributed by atoms with Crippen LogP contribution in [-0.2, 0) is 6.42 Å². The summed E-state index contributed by atoms with van der Waals surface area (Å²) in [6, 6.07) is 11.7. The van der Waals surface area contributed by atoms with Crippen LogP contribution in [0.2, 0.25) is 5.02 Å².